The molecule has 178 valence electrons. The zero-order valence-corrected chi connectivity index (χ0v) is 17.2. The van der Waals surface area contributed by atoms with Crippen LogP contribution in [-0.4, -0.2) is 110 Å². The number of nitrogens with zero attached hydrogens (tertiary/aromatic N) is 1. The Morgan fingerprint density at radius 3 is 2.03 bits per heavy atom. The average molecular weight is 455 g/mol. The van der Waals surface area contributed by atoms with E-state index in [0.29, 0.717) is 5.56 Å². The Kier molecular flexibility index (Phi) is 8.54. The normalized spacial score (nSPS) is 41.1. The van der Waals surface area contributed by atoms with Gasteiger partial charge in [0.1, 0.15) is 48.8 Å². The lowest BCUT2D eigenvalue weighted by Gasteiger charge is -2.43. The molecule has 0 bridgehead atoms. The number of hydrogen-bond donors (Lipinski definition) is 7. The highest BCUT2D eigenvalue weighted by atomic mass is 16.7. The lowest BCUT2D eigenvalue weighted by atomic mass is 9.87. The third kappa shape index (κ3) is 5.27. The molecule has 2 heterocycles. The van der Waals surface area contributed by atoms with E-state index in [4.69, 9.17) is 14.2 Å². The van der Waals surface area contributed by atoms with Gasteiger partial charge in [0, 0.05) is 0 Å². The molecule has 0 aromatic heterocycles. The highest BCUT2D eigenvalue weighted by Crippen LogP contribution is 2.30. The molecule has 2 fully saturated rings. The molecule has 1 aromatic rings. The number of nitriles is 1. The second kappa shape index (κ2) is 11.0. The molecule has 0 saturated carbocycles. The van der Waals surface area contributed by atoms with Crippen LogP contribution in [0.2, 0.25) is 0 Å². The Balaban J connectivity index is 1.65. The van der Waals surface area contributed by atoms with Gasteiger partial charge >= 0.3 is 0 Å². The third-order valence-corrected chi connectivity index (χ3v) is 5.91. The minimum Gasteiger partial charge on any atom is -0.394 e. The van der Waals surface area contributed by atoms with Gasteiger partial charge in [0.05, 0.1) is 31.3 Å². The van der Waals surface area contributed by atoms with E-state index in [9.17, 15) is 41.0 Å². The van der Waals surface area contributed by atoms with Crippen molar-refractivity contribution in [2.24, 2.45) is 0 Å². The monoisotopic (exact) mass is 455 g/mol. The summed E-state index contributed by atoms with van der Waals surface area (Å²) in [4.78, 5) is 0. The van der Waals surface area contributed by atoms with Gasteiger partial charge in [0.25, 0.3) is 0 Å². The molecular formula is C21H29NO10. The number of rotatable bonds is 7. The van der Waals surface area contributed by atoms with Crippen LogP contribution in [0.25, 0.3) is 0 Å². The summed E-state index contributed by atoms with van der Waals surface area (Å²) in [6.45, 7) is -1.04. The molecule has 11 nitrogen and oxygen atoms in total. The highest BCUT2D eigenvalue weighted by molar-refractivity contribution is 5.25. The van der Waals surface area contributed by atoms with E-state index in [1.165, 1.54) is 0 Å². The standard InChI is InChI=1S/C21H29NO10/c22-7-11(10-4-2-1-3-5-10)6-12-15(24)18(27)17(26)14(31-12)9-30-21-20(29)19(28)16(25)13(8-23)32-21/h1-5,11-21,23-29H,6,8-9H2/t11-,12-,13+,14+,15-,16+,17+,18-,19+,20+,21-/m0/s1. The average Bonchev–Trinajstić information content (AvgIpc) is 2.81. The summed E-state index contributed by atoms with van der Waals surface area (Å²) in [6.07, 6.45) is -14.1. The van der Waals surface area contributed by atoms with E-state index in [2.05, 4.69) is 6.07 Å². The molecule has 1 aromatic carbocycles. The van der Waals surface area contributed by atoms with Crippen molar-refractivity contribution in [3.63, 3.8) is 0 Å². The zero-order chi connectivity index (χ0) is 23.4. The molecule has 11 atom stereocenters. The summed E-state index contributed by atoms with van der Waals surface area (Å²) >= 11 is 0. The largest absolute Gasteiger partial charge is 0.394 e. The summed E-state index contributed by atoms with van der Waals surface area (Å²) in [7, 11) is 0. The minimum absolute atomic E-state index is 0.0437. The van der Waals surface area contributed by atoms with Crippen LogP contribution in [0.15, 0.2) is 30.3 Å². The van der Waals surface area contributed by atoms with Crippen molar-refractivity contribution in [3.05, 3.63) is 35.9 Å². The summed E-state index contributed by atoms with van der Waals surface area (Å²) < 4.78 is 16.4. The van der Waals surface area contributed by atoms with Crippen molar-refractivity contribution >= 4 is 0 Å². The number of aliphatic hydroxyl groups excluding tert-OH is 7. The smallest absolute Gasteiger partial charge is 0.186 e. The lowest BCUT2D eigenvalue weighted by Crippen LogP contribution is -2.61. The van der Waals surface area contributed by atoms with Gasteiger partial charge in [-0.2, -0.15) is 5.26 Å². The quantitative estimate of drug-likeness (QED) is 0.227. The molecule has 3 rings (SSSR count). The molecule has 2 saturated heterocycles. The summed E-state index contributed by atoms with van der Waals surface area (Å²) in [5, 5.41) is 79.5. The van der Waals surface area contributed by atoms with Gasteiger partial charge in [0.2, 0.25) is 0 Å². The fourth-order valence-electron chi connectivity index (χ4n) is 3.94. The minimum atomic E-state index is -1.64. The molecule has 11 heteroatoms. The summed E-state index contributed by atoms with van der Waals surface area (Å²) in [5.74, 6) is -0.634. The van der Waals surface area contributed by atoms with Crippen LogP contribution in [0.3, 0.4) is 0 Å². The second-order valence-electron chi connectivity index (χ2n) is 8.04. The number of aliphatic hydroxyl groups is 7. The van der Waals surface area contributed by atoms with Gasteiger partial charge in [-0.05, 0) is 12.0 Å². The fourth-order valence-corrected chi connectivity index (χ4v) is 3.94. The van der Waals surface area contributed by atoms with E-state index < -0.39 is 80.4 Å². The maximum atomic E-state index is 10.4. The van der Waals surface area contributed by atoms with Crippen molar-refractivity contribution in [1.29, 1.82) is 5.26 Å². The van der Waals surface area contributed by atoms with Crippen molar-refractivity contribution in [2.75, 3.05) is 13.2 Å². The predicted octanol–water partition coefficient (Wildman–Crippen LogP) is -2.65. The highest BCUT2D eigenvalue weighted by Gasteiger charge is 2.47. The Labute approximate surface area is 184 Å². The zero-order valence-electron chi connectivity index (χ0n) is 17.2. The fraction of sp³-hybridized carbons (Fsp3) is 0.667. The Morgan fingerprint density at radius 1 is 0.812 bits per heavy atom. The van der Waals surface area contributed by atoms with E-state index in [1.54, 1.807) is 30.3 Å². The predicted molar refractivity (Wildman–Crippen MR) is 106 cm³/mol. The third-order valence-electron chi connectivity index (χ3n) is 5.91. The molecule has 2 aliphatic heterocycles. The number of ether oxygens (including phenoxy) is 3. The van der Waals surface area contributed by atoms with Crippen LogP contribution < -0.4 is 0 Å². The van der Waals surface area contributed by atoms with E-state index in [1.807, 2.05) is 0 Å². The van der Waals surface area contributed by atoms with Gasteiger partial charge in [-0.3, -0.25) is 0 Å². The number of benzene rings is 1. The molecule has 0 aliphatic carbocycles. The van der Waals surface area contributed by atoms with Crippen LogP contribution in [0, 0.1) is 11.3 Å². The topological polar surface area (TPSA) is 193 Å². The molecule has 0 radical (unpaired) electrons. The summed E-state index contributed by atoms with van der Waals surface area (Å²) in [6, 6.07) is 11.0. The van der Waals surface area contributed by atoms with Gasteiger partial charge in [0.15, 0.2) is 6.29 Å². The van der Waals surface area contributed by atoms with Crippen molar-refractivity contribution < 1.29 is 50.0 Å². The van der Waals surface area contributed by atoms with Gasteiger partial charge in [-0.1, -0.05) is 30.3 Å². The molecule has 0 amide bonds. The van der Waals surface area contributed by atoms with Crippen molar-refractivity contribution in [3.8, 4) is 6.07 Å². The molecule has 0 spiro atoms. The first kappa shape index (κ1) is 24.9. The first-order valence-corrected chi connectivity index (χ1v) is 10.3. The van der Waals surface area contributed by atoms with Gasteiger partial charge in [-0.15, -0.1) is 0 Å². The van der Waals surface area contributed by atoms with Crippen LogP contribution in [0.5, 0.6) is 0 Å². The molecule has 0 unspecified atom stereocenters. The van der Waals surface area contributed by atoms with Gasteiger partial charge in [-0.25, -0.2) is 0 Å². The Morgan fingerprint density at radius 2 is 1.41 bits per heavy atom. The van der Waals surface area contributed by atoms with Crippen LogP contribution >= 0.6 is 0 Å². The molecule has 7 N–H and O–H groups in total. The maximum Gasteiger partial charge on any atom is 0.186 e. The molecule has 2 aliphatic rings. The van der Waals surface area contributed by atoms with Crippen molar-refractivity contribution in [1.82, 2.24) is 0 Å². The van der Waals surface area contributed by atoms with Crippen LogP contribution in [0.1, 0.15) is 17.9 Å². The first-order valence-electron chi connectivity index (χ1n) is 10.3. The van der Waals surface area contributed by atoms with Crippen molar-refractivity contribution in [2.45, 2.75) is 73.6 Å². The first-order chi connectivity index (χ1) is 15.3. The lowest BCUT2D eigenvalue weighted by molar-refractivity contribution is -0.314. The number of hydrogen-bond acceptors (Lipinski definition) is 11. The second-order valence-corrected chi connectivity index (χ2v) is 8.04. The SMILES string of the molecule is N#C[C@H](C[C@@H]1O[C@H](CO[C@H]2O[C@H](CO)[C@@H](O)[C@@H](O)[C@H]2O)[C@@H](O)[C@@H](O)[C@H]1O)c1ccccc1. The Bertz CT molecular complexity index is 759. The maximum absolute atomic E-state index is 10.4. The molecule has 32 heavy (non-hydrogen) atoms. The van der Waals surface area contributed by atoms with Gasteiger partial charge < -0.3 is 50.0 Å². The van der Waals surface area contributed by atoms with Crippen LogP contribution in [-0.2, 0) is 14.2 Å². The van der Waals surface area contributed by atoms with Crippen LogP contribution in [0.4, 0.5) is 0 Å². The van der Waals surface area contributed by atoms with E-state index in [0.717, 1.165) is 0 Å². The summed E-state index contributed by atoms with van der Waals surface area (Å²) in [5.41, 5.74) is 0.709. The Hall–Kier alpha value is -1.69. The van der Waals surface area contributed by atoms with E-state index >= 15 is 0 Å². The molecular weight excluding hydrogens is 426 g/mol. The van der Waals surface area contributed by atoms with E-state index in [-0.39, 0.29) is 6.42 Å².